The van der Waals surface area contributed by atoms with Gasteiger partial charge < -0.3 is 24.8 Å². The van der Waals surface area contributed by atoms with Gasteiger partial charge in [-0.1, -0.05) is 0 Å². The maximum absolute atomic E-state index is 11.2. The van der Waals surface area contributed by atoms with Crippen LogP contribution >= 0.6 is 7.68 Å². The minimum atomic E-state index is -2.45. The van der Waals surface area contributed by atoms with Crippen molar-refractivity contribution in [1.82, 2.24) is 0 Å². The molecule has 0 heterocycles. The third kappa shape index (κ3) is 2.45. The van der Waals surface area contributed by atoms with Crippen molar-refractivity contribution in [1.29, 1.82) is 0 Å². The molecule has 0 aliphatic heterocycles. The Morgan fingerprint density at radius 2 is 1.47 bits per heavy atom. The molecule has 1 atom stereocenters. The van der Waals surface area contributed by atoms with Crippen LogP contribution < -0.4 is 24.8 Å². The summed E-state index contributed by atoms with van der Waals surface area (Å²) in [6.45, 7) is 7.60. The molecule has 1 unspecified atom stereocenters. The normalized spacial score (nSPS) is 24.7. The molecule has 0 saturated heterocycles. The summed E-state index contributed by atoms with van der Waals surface area (Å²) < 4.78 is 23.3. The molecule has 0 saturated carbocycles. The van der Waals surface area contributed by atoms with Gasteiger partial charge in [0.15, 0.2) is 0 Å². The molecule has 84 valence electrons. The van der Waals surface area contributed by atoms with Crippen LogP contribution in [0.5, 0.6) is 0 Å². The van der Waals surface area contributed by atoms with Crippen molar-refractivity contribution >= 4 is 7.68 Å². The van der Waals surface area contributed by atoms with E-state index in [4.69, 9.17) is 0 Å². The van der Waals surface area contributed by atoms with Gasteiger partial charge in [-0.05, 0) is 0 Å². The molecular weight excluding hydrogens is 293 g/mol. The second-order valence-electron chi connectivity index (χ2n) is 3.55. The summed E-state index contributed by atoms with van der Waals surface area (Å²) in [5.74, 6) is 0. The Labute approximate surface area is 113 Å². The van der Waals surface area contributed by atoms with Crippen molar-refractivity contribution in [2.24, 2.45) is 0 Å². The summed E-state index contributed by atoms with van der Waals surface area (Å²) in [5, 5.41) is -0.760. The smallest absolute Gasteiger partial charge is 1.00 e. The van der Waals surface area contributed by atoms with E-state index in [1.165, 1.54) is 0 Å². The van der Waals surface area contributed by atoms with E-state index in [1.807, 2.05) is 20.8 Å². The van der Waals surface area contributed by atoms with Gasteiger partial charge in [0.1, 0.15) is 0 Å². The van der Waals surface area contributed by atoms with Crippen LogP contribution in [0.3, 0.4) is 0 Å². The van der Waals surface area contributed by atoms with Crippen LogP contribution in [0.15, 0.2) is 21.0 Å². The first-order valence-electron chi connectivity index (χ1n) is 4.06. The van der Waals surface area contributed by atoms with E-state index in [9.17, 15) is 9.13 Å². The van der Waals surface area contributed by atoms with E-state index in [1.54, 1.807) is 6.92 Å². The van der Waals surface area contributed by atoms with Crippen molar-refractivity contribution in [3.8, 4) is 0 Å². The van der Waals surface area contributed by atoms with Gasteiger partial charge in [0.25, 0.3) is 0 Å². The number of rotatable bonds is 1. The summed E-state index contributed by atoms with van der Waals surface area (Å²) in [6.07, 6.45) is 0. The van der Waals surface area contributed by atoms with E-state index in [0.29, 0.717) is 0 Å². The fourth-order valence-electron chi connectivity index (χ4n) is 1.59. The zero-order valence-electron chi connectivity index (χ0n) is 8.97. The minimum absolute atomic E-state index is 0. The molecule has 0 radical (unpaired) electrons. The van der Waals surface area contributed by atoms with Crippen LogP contribution in [0.1, 0.15) is 27.7 Å². The number of hydrogen-bond acceptors (Lipinski definition) is 2. The second kappa shape index (κ2) is 5.75. The number of halogens is 2. The molecule has 0 N–H and O–H groups in total. The van der Waals surface area contributed by atoms with Crippen molar-refractivity contribution in [2.45, 2.75) is 32.9 Å². The van der Waals surface area contributed by atoms with Gasteiger partial charge in [0.05, 0.1) is 0 Å². The van der Waals surface area contributed by atoms with Gasteiger partial charge in [0.2, 0.25) is 0 Å². The molecule has 15 heavy (non-hydrogen) atoms. The largest absolute Gasteiger partial charge is 1.00 e. The van der Waals surface area contributed by atoms with Crippen molar-refractivity contribution in [3.05, 3.63) is 21.0 Å². The maximum Gasteiger partial charge on any atom is -1.00 e. The summed E-state index contributed by atoms with van der Waals surface area (Å²) in [4.78, 5) is 0. The summed E-state index contributed by atoms with van der Waals surface area (Å²) >= 11 is 2.39. The van der Waals surface area contributed by atoms with Crippen molar-refractivity contribution < 1.29 is 51.4 Å². The van der Waals surface area contributed by atoms with Gasteiger partial charge in [-0.15, -0.1) is 0 Å². The topological polar surface area (TPSA) is 34.1 Å². The van der Waals surface area contributed by atoms with Crippen LogP contribution in [-0.2, 0) is 26.6 Å². The van der Waals surface area contributed by atoms with Crippen LogP contribution in [0.2, 0.25) is 0 Å². The third-order valence-electron chi connectivity index (χ3n) is 3.04. The van der Waals surface area contributed by atoms with Gasteiger partial charge in [-0.3, -0.25) is 0 Å². The minimum Gasteiger partial charge on any atom is -1.00 e. The molecule has 1 aliphatic rings. The monoisotopic (exact) mass is 304 g/mol. The molecule has 0 bridgehead atoms. The Morgan fingerprint density at radius 1 is 1.07 bits per heavy atom. The predicted molar refractivity (Wildman–Crippen MR) is 47.8 cm³/mol. The third-order valence-corrected chi connectivity index (χ3v) is 5.83. The Morgan fingerprint density at radius 3 is 1.60 bits per heavy atom. The quantitative estimate of drug-likeness (QED) is 0.487. The molecule has 0 aromatic heterocycles. The van der Waals surface area contributed by atoms with Gasteiger partial charge in [0, 0.05) is 0 Å². The van der Waals surface area contributed by atoms with Gasteiger partial charge in [-0.2, -0.15) is 0 Å². The Hall–Kier alpha value is 0.544. The maximum atomic E-state index is 11.2. The molecule has 0 amide bonds. The summed E-state index contributed by atoms with van der Waals surface area (Å²) in [6, 6.07) is 0. The van der Waals surface area contributed by atoms with E-state index in [0.717, 1.165) is 21.0 Å². The Kier molecular flexibility index (Phi) is 6.87. The molecule has 6 heteroatoms. The van der Waals surface area contributed by atoms with E-state index >= 15 is 0 Å². The molecule has 1 rings (SSSR count). The number of allylic oxidation sites excluding steroid dienone is 4. The van der Waals surface area contributed by atoms with Crippen molar-refractivity contribution in [3.63, 3.8) is 0 Å². The number of hydrogen-bond donors (Lipinski definition) is 0. The fraction of sp³-hybridized carbons (Fsp3) is 0.556. The second-order valence-corrected chi connectivity index (χ2v) is 5.66. The Balaban J connectivity index is 0. The molecule has 0 fully saturated rings. The molecule has 2 nitrogen and oxygen atoms in total. The standard InChI is InChI=1S/C9H12O2P.2ClH.V/c1-6-5-9(4,12(10)11)8(3)7(6)2;;;/h1-4H3;2*1H;/q;;;+2/p-2. The van der Waals surface area contributed by atoms with Gasteiger partial charge >= 0.3 is 88.1 Å². The fourth-order valence-corrected chi connectivity index (χ4v) is 3.28. The van der Waals surface area contributed by atoms with Crippen LogP contribution in [-0.4, -0.2) is 5.16 Å². The first kappa shape index (κ1) is 17.9. The molecule has 0 spiro atoms. The van der Waals surface area contributed by atoms with E-state index < -0.39 is 12.8 Å². The average Bonchev–Trinajstić information content (AvgIpc) is 2.22. The van der Waals surface area contributed by atoms with E-state index in [2.05, 4.69) is 17.4 Å². The zero-order valence-corrected chi connectivity index (χ0v) is 12.8. The zero-order chi connectivity index (χ0) is 10.4. The van der Waals surface area contributed by atoms with Gasteiger partial charge in [-0.25, -0.2) is 0 Å². The first-order valence-corrected chi connectivity index (χ1v) is 5.94. The molecular formula is C9H12Cl2O2PV. The molecule has 0 aromatic rings. The Bertz CT molecular complexity index is 365. The predicted octanol–water partition coefficient (Wildman–Crippen LogP) is -2.90. The first-order chi connectivity index (χ1) is 5.83. The summed E-state index contributed by atoms with van der Waals surface area (Å²) in [5.41, 5.74) is 3.16. The van der Waals surface area contributed by atoms with Crippen LogP contribution in [0.4, 0.5) is 0 Å². The molecule has 0 aromatic carbocycles. The van der Waals surface area contributed by atoms with Crippen molar-refractivity contribution in [2.75, 3.05) is 0 Å². The van der Waals surface area contributed by atoms with Crippen LogP contribution in [0, 0.1) is 0 Å². The SMILES string of the molecule is CC1=C(C)C(C)(P(=O)=O)[C]([V+2])=C1C.[Cl-].[Cl-]. The average molecular weight is 305 g/mol. The van der Waals surface area contributed by atoms with E-state index in [-0.39, 0.29) is 24.8 Å². The van der Waals surface area contributed by atoms with Crippen LogP contribution in [0.25, 0.3) is 0 Å². The summed E-state index contributed by atoms with van der Waals surface area (Å²) in [7, 11) is -2.45. The molecule has 1 aliphatic carbocycles.